The second kappa shape index (κ2) is 6.32. The molecule has 5 nitrogen and oxygen atoms in total. The summed E-state index contributed by atoms with van der Waals surface area (Å²) in [5.41, 5.74) is 0.0307. The number of fused-ring (bicyclic) bond motifs is 1. The highest BCUT2D eigenvalue weighted by atomic mass is 16.4. The van der Waals surface area contributed by atoms with E-state index in [2.05, 4.69) is 4.90 Å². The number of amides is 1. The first-order valence-corrected chi connectivity index (χ1v) is 7.66. The first-order valence-electron chi connectivity index (χ1n) is 7.66. The standard InChI is InChI=1S/C17H20N2O3/c1-18(10-11-19-8-4-5-9-19)16(20)14-12-13-6-2-3-7-15(13)22-17(14)21/h2-3,6-7,12H,4-5,8-11H2,1H3. The van der Waals surface area contributed by atoms with Gasteiger partial charge in [0.15, 0.2) is 0 Å². The van der Waals surface area contributed by atoms with Crippen LogP contribution in [0.15, 0.2) is 39.5 Å². The molecule has 0 saturated carbocycles. The van der Waals surface area contributed by atoms with Gasteiger partial charge in [-0.1, -0.05) is 18.2 Å². The number of para-hydroxylation sites is 1. The molecule has 22 heavy (non-hydrogen) atoms. The molecule has 0 atom stereocenters. The number of hydrogen-bond acceptors (Lipinski definition) is 4. The van der Waals surface area contributed by atoms with Crippen LogP contribution in [-0.2, 0) is 0 Å². The maximum atomic E-state index is 12.5. The fraction of sp³-hybridized carbons (Fsp3) is 0.412. The van der Waals surface area contributed by atoms with E-state index in [4.69, 9.17) is 4.42 Å². The molecule has 0 spiro atoms. The molecule has 2 aromatic rings. The molecule has 1 aromatic heterocycles. The molecule has 0 aliphatic carbocycles. The molecule has 0 N–H and O–H groups in total. The second-order valence-electron chi connectivity index (χ2n) is 5.76. The van der Waals surface area contributed by atoms with Crippen molar-refractivity contribution >= 4 is 16.9 Å². The SMILES string of the molecule is CN(CCN1CCCC1)C(=O)c1cc2ccccc2oc1=O. The van der Waals surface area contributed by atoms with Crippen LogP contribution >= 0.6 is 0 Å². The van der Waals surface area contributed by atoms with Gasteiger partial charge in [0.05, 0.1) is 0 Å². The van der Waals surface area contributed by atoms with Crippen LogP contribution in [0.2, 0.25) is 0 Å². The first kappa shape index (κ1) is 14.8. The fourth-order valence-electron chi connectivity index (χ4n) is 2.82. The van der Waals surface area contributed by atoms with Crippen LogP contribution in [0.25, 0.3) is 11.0 Å². The van der Waals surface area contributed by atoms with E-state index in [1.807, 2.05) is 12.1 Å². The van der Waals surface area contributed by atoms with Crippen molar-refractivity contribution in [3.05, 3.63) is 46.3 Å². The van der Waals surface area contributed by atoms with Gasteiger partial charge < -0.3 is 14.2 Å². The molecule has 0 bridgehead atoms. The van der Waals surface area contributed by atoms with Crippen LogP contribution in [0.3, 0.4) is 0 Å². The van der Waals surface area contributed by atoms with E-state index in [9.17, 15) is 9.59 Å². The van der Waals surface area contributed by atoms with Gasteiger partial charge in [0.1, 0.15) is 11.1 Å². The molecule has 1 aromatic carbocycles. The maximum Gasteiger partial charge on any atom is 0.349 e. The molecule has 1 saturated heterocycles. The van der Waals surface area contributed by atoms with Crippen LogP contribution in [-0.4, -0.2) is 48.9 Å². The lowest BCUT2D eigenvalue weighted by Gasteiger charge is -2.21. The van der Waals surface area contributed by atoms with Crippen molar-refractivity contribution in [3.63, 3.8) is 0 Å². The van der Waals surface area contributed by atoms with Crippen LogP contribution in [0.5, 0.6) is 0 Å². The summed E-state index contributed by atoms with van der Waals surface area (Å²) in [5.74, 6) is -0.279. The third kappa shape index (κ3) is 3.04. The van der Waals surface area contributed by atoms with Gasteiger partial charge in [-0.05, 0) is 38.1 Å². The van der Waals surface area contributed by atoms with E-state index in [0.29, 0.717) is 12.1 Å². The van der Waals surface area contributed by atoms with E-state index in [1.54, 1.807) is 30.1 Å². The normalized spacial score (nSPS) is 15.3. The zero-order chi connectivity index (χ0) is 15.5. The number of carbonyl (C=O) groups is 1. The van der Waals surface area contributed by atoms with Gasteiger partial charge in [-0.3, -0.25) is 4.79 Å². The summed E-state index contributed by atoms with van der Waals surface area (Å²) in [6, 6.07) is 8.83. The Balaban J connectivity index is 1.75. The Morgan fingerprint density at radius 1 is 1.27 bits per heavy atom. The molecule has 5 heteroatoms. The summed E-state index contributed by atoms with van der Waals surface area (Å²) < 4.78 is 5.23. The summed E-state index contributed by atoms with van der Waals surface area (Å²) in [6.45, 7) is 3.66. The molecule has 1 aliphatic heterocycles. The largest absolute Gasteiger partial charge is 0.422 e. The fourth-order valence-corrected chi connectivity index (χ4v) is 2.82. The molecule has 0 unspecified atom stereocenters. The third-order valence-electron chi connectivity index (χ3n) is 4.17. The number of likely N-dealkylation sites (tertiary alicyclic amines) is 1. The van der Waals surface area contributed by atoms with Crippen molar-refractivity contribution in [2.45, 2.75) is 12.8 Å². The van der Waals surface area contributed by atoms with Crippen molar-refractivity contribution in [2.75, 3.05) is 33.2 Å². The summed E-state index contributed by atoms with van der Waals surface area (Å²) in [6.07, 6.45) is 2.46. The topological polar surface area (TPSA) is 53.8 Å². The minimum absolute atomic E-state index is 0.0996. The predicted octanol–water partition coefficient (Wildman–Crippen LogP) is 1.96. The van der Waals surface area contributed by atoms with E-state index < -0.39 is 5.63 Å². The maximum absolute atomic E-state index is 12.5. The van der Waals surface area contributed by atoms with E-state index in [0.717, 1.165) is 25.0 Å². The Hall–Kier alpha value is -2.14. The quantitative estimate of drug-likeness (QED) is 0.810. The van der Waals surface area contributed by atoms with Gasteiger partial charge in [-0.25, -0.2) is 4.79 Å². The number of likely N-dealkylation sites (N-methyl/N-ethyl adjacent to an activating group) is 1. The molecule has 1 amide bonds. The number of nitrogens with zero attached hydrogens (tertiary/aromatic N) is 2. The van der Waals surface area contributed by atoms with Crippen LogP contribution in [0.1, 0.15) is 23.2 Å². The van der Waals surface area contributed by atoms with Crippen molar-refractivity contribution in [2.24, 2.45) is 0 Å². The molecule has 1 fully saturated rings. The lowest BCUT2D eigenvalue weighted by Crippen LogP contribution is -2.36. The number of hydrogen-bond donors (Lipinski definition) is 0. The van der Waals surface area contributed by atoms with Crippen LogP contribution < -0.4 is 5.63 Å². The molecular formula is C17H20N2O3. The minimum atomic E-state index is -0.572. The van der Waals surface area contributed by atoms with E-state index in [-0.39, 0.29) is 11.5 Å². The Bertz CT molecular complexity index is 732. The summed E-state index contributed by atoms with van der Waals surface area (Å²) in [7, 11) is 1.73. The van der Waals surface area contributed by atoms with Gasteiger partial charge >= 0.3 is 5.63 Å². The molecule has 3 rings (SSSR count). The zero-order valence-electron chi connectivity index (χ0n) is 12.7. The van der Waals surface area contributed by atoms with Crippen molar-refractivity contribution < 1.29 is 9.21 Å². The number of benzene rings is 1. The number of carbonyl (C=O) groups excluding carboxylic acids is 1. The lowest BCUT2D eigenvalue weighted by atomic mass is 10.1. The van der Waals surface area contributed by atoms with E-state index in [1.165, 1.54) is 12.8 Å². The minimum Gasteiger partial charge on any atom is -0.422 e. The monoisotopic (exact) mass is 300 g/mol. The van der Waals surface area contributed by atoms with Crippen LogP contribution in [0.4, 0.5) is 0 Å². The zero-order valence-corrected chi connectivity index (χ0v) is 12.7. The van der Waals surface area contributed by atoms with Gasteiger partial charge in [0.25, 0.3) is 5.91 Å². The van der Waals surface area contributed by atoms with Crippen molar-refractivity contribution in [1.29, 1.82) is 0 Å². The van der Waals surface area contributed by atoms with Crippen molar-refractivity contribution in [1.82, 2.24) is 9.80 Å². The molecule has 0 radical (unpaired) electrons. The summed E-state index contributed by atoms with van der Waals surface area (Å²) >= 11 is 0. The Morgan fingerprint density at radius 3 is 2.77 bits per heavy atom. The van der Waals surface area contributed by atoms with Crippen LogP contribution in [0, 0.1) is 0 Å². The van der Waals surface area contributed by atoms with Gasteiger partial charge in [-0.15, -0.1) is 0 Å². The predicted molar refractivity (Wildman–Crippen MR) is 85.1 cm³/mol. The summed E-state index contributed by atoms with van der Waals surface area (Å²) in [4.78, 5) is 28.4. The Morgan fingerprint density at radius 2 is 2.00 bits per heavy atom. The number of rotatable bonds is 4. The van der Waals surface area contributed by atoms with Crippen molar-refractivity contribution in [3.8, 4) is 0 Å². The van der Waals surface area contributed by atoms with Gasteiger partial charge in [0.2, 0.25) is 0 Å². The van der Waals surface area contributed by atoms with E-state index >= 15 is 0 Å². The summed E-state index contributed by atoms with van der Waals surface area (Å²) in [5, 5.41) is 0.762. The molecule has 1 aliphatic rings. The molecular weight excluding hydrogens is 280 g/mol. The van der Waals surface area contributed by atoms with Gasteiger partial charge in [0, 0.05) is 25.5 Å². The third-order valence-corrected chi connectivity index (χ3v) is 4.17. The average Bonchev–Trinajstić information content (AvgIpc) is 3.04. The highest BCUT2D eigenvalue weighted by Crippen LogP contribution is 2.13. The second-order valence-corrected chi connectivity index (χ2v) is 5.76. The Labute approximate surface area is 129 Å². The molecule has 116 valence electrons. The Kier molecular flexibility index (Phi) is 4.24. The van der Waals surface area contributed by atoms with Gasteiger partial charge in [-0.2, -0.15) is 0 Å². The average molecular weight is 300 g/mol. The molecule has 2 heterocycles. The first-order chi connectivity index (χ1) is 10.6. The highest BCUT2D eigenvalue weighted by molar-refractivity contribution is 5.96. The smallest absolute Gasteiger partial charge is 0.349 e. The lowest BCUT2D eigenvalue weighted by molar-refractivity contribution is 0.0778. The highest BCUT2D eigenvalue weighted by Gasteiger charge is 2.19.